The highest BCUT2D eigenvalue weighted by Crippen LogP contribution is 2.34. The average Bonchev–Trinajstić information content (AvgIpc) is 2.88. The first kappa shape index (κ1) is 24.7. The largest absolute Gasteiger partial charge is 0.493 e. The minimum atomic E-state index is -0.572. The summed E-state index contributed by atoms with van der Waals surface area (Å²) in [5.41, 5.74) is 2.90. The summed E-state index contributed by atoms with van der Waals surface area (Å²) in [7, 11) is 1.62. The fraction of sp³-hybridized carbons (Fsp3) is 0.333. The molecule has 7 heteroatoms. The average molecular weight is 501 g/mol. The highest BCUT2D eigenvalue weighted by Gasteiger charge is 2.21. The molecule has 0 amide bonds. The topological polar surface area (TPSA) is 45.2 Å². The first-order chi connectivity index (χ1) is 16.5. The van der Waals surface area contributed by atoms with Crippen LogP contribution in [0.3, 0.4) is 0 Å². The van der Waals surface area contributed by atoms with Gasteiger partial charge in [0.15, 0.2) is 11.5 Å². The lowest BCUT2D eigenvalue weighted by Crippen LogP contribution is -2.46. The summed E-state index contributed by atoms with van der Waals surface area (Å²) in [6.07, 6.45) is 0.0724. The molecule has 0 saturated carbocycles. The lowest BCUT2D eigenvalue weighted by atomic mass is 10.1. The van der Waals surface area contributed by atoms with E-state index in [-0.39, 0.29) is 0 Å². The third-order valence-electron chi connectivity index (χ3n) is 6.17. The van der Waals surface area contributed by atoms with Crippen molar-refractivity contribution in [2.24, 2.45) is 0 Å². The molecule has 1 fully saturated rings. The van der Waals surface area contributed by atoms with Crippen molar-refractivity contribution in [1.82, 2.24) is 4.90 Å². The van der Waals surface area contributed by atoms with Crippen LogP contribution in [0.4, 0.5) is 5.69 Å². The Morgan fingerprint density at radius 2 is 1.68 bits per heavy atom. The maximum absolute atomic E-state index is 10.8. The Balaban J connectivity index is 1.28. The molecular weight excluding hydrogens is 471 g/mol. The molecule has 3 aromatic carbocycles. The van der Waals surface area contributed by atoms with Crippen LogP contribution in [0.5, 0.6) is 11.5 Å². The molecule has 34 heavy (non-hydrogen) atoms. The maximum Gasteiger partial charge on any atom is 0.161 e. The second-order valence-corrected chi connectivity index (χ2v) is 9.18. The van der Waals surface area contributed by atoms with Gasteiger partial charge >= 0.3 is 0 Å². The summed E-state index contributed by atoms with van der Waals surface area (Å²) in [5.74, 6) is 1.29. The van der Waals surface area contributed by atoms with E-state index in [9.17, 15) is 5.11 Å². The number of nitrogens with zero attached hydrogens (tertiary/aromatic N) is 2. The van der Waals surface area contributed by atoms with Crippen molar-refractivity contribution in [2.45, 2.75) is 19.1 Å². The molecule has 0 aliphatic carbocycles. The number of methoxy groups -OCH3 is 1. The van der Waals surface area contributed by atoms with E-state index in [1.165, 1.54) is 0 Å². The molecule has 1 aliphatic heterocycles. The van der Waals surface area contributed by atoms with Crippen molar-refractivity contribution in [3.63, 3.8) is 0 Å². The molecule has 1 saturated heterocycles. The van der Waals surface area contributed by atoms with Crippen LogP contribution < -0.4 is 14.4 Å². The quantitative estimate of drug-likeness (QED) is 0.400. The number of rotatable bonds is 9. The van der Waals surface area contributed by atoms with E-state index in [2.05, 4.69) is 9.80 Å². The van der Waals surface area contributed by atoms with Crippen LogP contribution in [0.1, 0.15) is 23.7 Å². The van der Waals surface area contributed by atoms with Gasteiger partial charge in [0.05, 0.1) is 28.9 Å². The minimum absolute atomic E-state index is 0.464. The Labute approximate surface area is 211 Å². The normalized spacial score (nSPS) is 15.2. The van der Waals surface area contributed by atoms with Gasteiger partial charge in [0.2, 0.25) is 0 Å². The van der Waals surface area contributed by atoms with Gasteiger partial charge in [-0.1, -0.05) is 65.7 Å². The van der Waals surface area contributed by atoms with Gasteiger partial charge in [0.1, 0.15) is 6.61 Å². The monoisotopic (exact) mass is 500 g/mol. The number of hydrogen-bond donors (Lipinski definition) is 1. The van der Waals surface area contributed by atoms with Gasteiger partial charge in [-0.3, -0.25) is 4.90 Å². The molecule has 1 unspecified atom stereocenters. The number of halogens is 2. The Kier molecular flexibility index (Phi) is 8.57. The molecule has 1 atom stereocenters. The maximum atomic E-state index is 10.8. The van der Waals surface area contributed by atoms with Gasteiger partial charge < -0.3 is 19.5 Å². The summed E-state index contributed by atoms with van der Waals surface area (Å²) in [6.45, 7) is 4.84. The number of ether oxygens (including phenoxy) is 2. The number of aliphatic hydroxyl groups excluding tert-OH is 1. The molecule has 0 aromatic heterocycles. The number of anilines is 1. The number of piperazine rings is 1. The van der Waals surface area contributed by atoms with Gasteiger partial charge in [0, 0.05) is 32.7 Å². The summed E-state index contributed by atoms with van der Waals surface area (Å²) in [5, 5.41) is 12.0. The van der Waals surface area contributed by atoms with Crippen LogP contribution in [-0.4, -0.2) is 49.8 Å². The number of hydrogen-bond acceptors (Lipinski definition) is 5. The van der Waals surface area contributed by atoms with E-state index in [1.54, 1.807) is 7.11 Å². The van der Waals surface area contributed by atoms with E-state index in [0.29, 0.717) is 34.6 Å². The summed E-state index contributed by atoms with van der Waals surface area (Å²) in [4.78, 5) is 4.63. The van der Waals surface area contributed by atoms with E-state index in [0.717, 1.165) is 49.5 Å². The van der Waals surface area contributed by atoms with E-state index < -0.39 is 6.10 Å². The highest BCUT2D eigenvalue weighted by molar-refractivity contribution is 6.43. The third kappa shape index (κ3) is 6.16. The Morgan fingerprint density at radius 1 is 0.912 bits per heavy atom. The van der Waals surface area contributed by atoms with Crippen LogP contribution >= 0.6 is 23.2 Å². The fourth-order valence-electron chi connectivity index (χ4n) is 4.17. The van der Waals surface area contributed by atoms with Gasteiger partial charge in [0.25, 0.3) is 0 Å². The second kappa shape index (κ2) is 11.8. The van der Waals surface area contributed by atoms with Crippen LogP contribution in [-0.2, 0) is 6.61 Å². The van der Waals surface area contributed by atoms with Crippen molar-refractivity contribution < 1.29 is 14.6 Å². The highest BCUT2D eigenvalue weighted by atomic mass is 35.5. The SMILES string of the molecule is COc1cc(C(O)CCN2CCN(c3cccc(Cl)c3Cl)CC2)ccc1OCc1ccccc1. The van der Waals surface area contributed by atoms with Gasteiger partial charge in [-0.15, -0.1) is 0 Å². The molecule has 1 heterocycles. The lowest BCUT2D eigenvalue weighted by Gasteiger charge is -2.36. The summed E-state index contributed by atoms with van der Waals surface area (Å²) in [6, 6.07) is 21.4. The Morgan fingerprint density at radius 3 is 2.41 bits per heavy atom. The second-order valence-electron chi connectivity index (χ2n) is 8.39. The van der Waals surface area contributed by atoms with Crippen LogP contribution in [0.2, 0.25) is 10.0 Å². The molecule has 3 aromatic rings. The smallest absolute Gasteiger partial charge is 0.161 e. The predicted octanol–water partition coefficient (Wildman–Crippen LogP) is 5.83. The lowest BCUT2D eigenvalue weighted by molar-refractivity contribution is 0.139. The van der Waals surface area contributed by atoms with E-state index >= 15 is 0 Å². The van der Waals surface area contributed by atoms with Crippen molar-refractivity contribution in [2.75, 3.05) is 44.7 Å². The van der Waals surface area contributed by atoms with E-state index in [1.807, 2.05) is 66.7 Å². The van der Waals surface area contributed by atoms with Crippen LogP contribution in [0.25, 0.3) is 0 Å². The molecular formula is C27H30Cl2N2O3. The molecule has 1 aliphatic rings. The van der Waals surface area contributed by atoms with Gasteiger partial charge in [-0.25, -0.2) is 0 Å². The van der Waals surface area contributed by atoms with Crippen molar-refractivity contribution in [3.05, 3.63) is 87.9 Å². The molecule has 5 nitrogen and oxygen atoms in total. The van der Waals surface area contributed by atoms with Crippen molar-refractivity contribution >= 4 is 28.9 Å². The van der Waals surface area contributed by atoms with E-state index in [4.69, 9.17) is 32.7 Å². The minimum Gasteiger partial charge on any atom is -0.493 e. The fourth-order valence-corrected chi connectivity index (χ4v) is 4.58. The molecule has 0 spiro atoms. The van der Waals surface area contributed by atoms with Crippen LogP contribution in [0.15, 0.2) is 66.7 Å². The molecule has 1 N–H and O–H groups in total. The predicted molar refractivity (Wildman–Crippen MR) is 138 cm³/mol. The van der Waals surface area contributed by atoms with Gasteiger partial charge in [-0.05, 0) is 41.8 Å². The first-order valence-electron chi connectivity index (χ1n) is 11.5. The molecule has 4 rings (SSSR count). The Hall–Kier alpha value is -2.44. The Bertz CT molecular complexity index is 1070. The summed E-state index contributed by atoms with van der Waals surface area (Å²) < 4.78 is 11.4. The molecule has 180 valence electrons. The van der Waals surface area contributed by atoms with Gasteiger partial charge in [-0.2, -0.15) is 0 Å². The molecule has 0 bridgehead atoms. The third-order valence-corrected chi connectivity index (χ3v) is 6.98. The first-order valence-corrected chi connectivity index (χ1v) is 12.2. The van der Waals surface area contributed by atoms with Crippen LogP contribution in [0, 0.1) is 0 Å². The molecule has 0 radical (unpaired) electrons. The van der Waals surface area contributed by atoms with Crippen molar-refractivity contribution in [3.8, 4) is 11.5 Å². The zero-order chi connectivity index (χ0) is 23.9. The zero-order valence-corrected chi connectivity index (χ0v) is 20.8. The standard InChI is InChI=1S/C27H30Cl2N2O3/c1-33-26-18-21(10-11-25(26)34-19-20-6-3-2-4-7-20)24(32)12-13-30-14-16-31(17-15-30)23-9-5-8-22(28)27(23)29/h2-11,18,24,32H,12-17,19H2,1H3. The zero-order valence-electron chi connectivity index (χ0n) is 19.3. The summed E-state index contributed by atoms with van der Waals surface area (Å²) >= 11 is 12.5. The van der Waals surface area contributed by atoms with Crippen molar-refractivity contribution in [1.29, 1.82) is 0 Å². The number of aliphatic hydroxyl groups is 1. The number of benzene rings is 3.